The lowest BCUT2D eigenvalue weighted by Gasteiger charge is -2.36. The van der Waals surface area contributed by atoms with E-state index in [0.717, 1.165) is 12.3 Å². The highest BCUT2D eigenvalue weighted by molar-refractivity contribution is 7.23. The van der Waals surface area contributed by atoms with Gasteiger partial charge in [-0.15, -0.1) is 0 Å². The number of benzene rings is 1. The number of rotatable bonds is 2. The molecule has 0 bridgehead atoms. The van der Waals surface area contributed by atoms with Crippen molar-refractivity contribution in [1.29, 1.82) is 0 Å². The Bertz CT molecular complexity index is 809. The van der Waals surface area contributed by atoms with Crippen LogP contribution in [-0.2, 0) is 12.8 Å². The standard InChI is InChI=1S/C18H22N2S/c1-4-18(2,3)12-9-10-13-15(11-12)20-14-7-5-6-8-16(14)21-17(20)19-13/h5-8,12H,4,9-11H2,1-3H3. The van der Waals surface area contributed by atoms with Crippen LogP contribution in [0.3, 0.4) is 0 Å². The Labute approximate surface area is 129 Å². The zero-order valence-electron chi connectivity index (χ0n) is 13.0. The minimum atomic E-state index is 0.424. The highest BCUT2D eigenvalue weighted by Gasteiger charge is 2.33. The normalized spacial score (nSPS) is 19.3. The quantitative estimate of drug-likeness (QED) is 0.644. The number of nitrogens with zero attached hydrogens (tertiary/aromatic N) is 2. The molecule has 1 atom stereocenters. The van der Waals surface area contributed by atoms with Crippen LogP contribution < -0.4 is 0 Å². The SMILES string of the molecule is CCC(C)(C)C1CCc2nc3sc4ccccc4n3c2C1. The largest absolute Gasteiger partial charge is 0.287 e. The van der Waals surface area contributed by atoms with Crippen molar-refractivity contribution in [2.75, 3.05) is 0 Å². The molecule has 110 valence electrons. The summed E-state index contributed by atoms with van der Waals surface area (Å²) >= 11 is 1.82. The summed E-state index contributed by atoms with van der Waals surface area (Å²) in [6.45, 7) is 7.17. The molecule has 2 aromatic heterocycles. The second-order valence-electron chi connectivity index (χ2n) is 6.97. The van der Waals surface area contributed by atoms with Gasteiger partial charge in [0.15, 0.2) is 4.96 Å². The van der Waals surface area contributed by atoms with Crippen LogP contribution in [0, 0.1) is 11.3 Å². The fourth-order valence-electron chi connectivity index (χ4n) is 3.63. The van der Waals surface area contributed by atoms with E-state index in [-0.39, 0.29) is 0 Å². The van der Waals surface area contributed by atoms with E-state index in [1.165, 1.54) is 45.8 Å². The molecule has 0 N–H and O–H groups in total. The van der Waals surface area contributed by atoms with Gasteiger partial charge >= 0.3 is 0 Å². The minimum Gasteiger partial charge on any atom is -0.287 e. The molecule has 3 heteroatoms. The molecule has 1 aliphatic rings. The van der Waals surface area contributed by atoms with Gasteiger partial charge in [-0.25, -0.2) is 4.98 Å². The molecule has 0 amide bonds. The number of para-hydroxylation sites is 1. The molecule has 0 fully saturated rings. The molecule has 1 unspecified atom stereocenters. The Kier molecular flexibility index (Phi) is 2.90. The first-order chi connectivity index (χ1) is 10.1. The molecule has 0 radical (unpaired) electrons. The summed E-state index contributed by atoms with van der Waals surface area (Å²) in [4.78, 5) is 6.09. The van der Waals surface area contributed by atoms with Crippen LogP contribution in [0.5, 0.6) is 0 Å². The molecule has 3 aromatic rings. The summed E-state index contributed by atoms with van der Waals surface area (Å²) in [7, 11) is 0. The molecular weight excluding hydrogens is 276 g/mol. The van der Waals surface area contributed by atoms with Gasteiger partial charge in [0.05, 0.1) is 15.9 Å². The topological polar surface area (TPSA) is 17.3 Å². The van der Waals surface area contributed by atoms with E-state index >= 15 is 0 Å². The van der Waals surface area contributed by atoms with Crippen molar-refractivity contribution in [3.63, 3.8) is 0 Å². The smallest absolute Gasteiger partial charge is 0.195 e. The second-order valence-corrected chi connectivity index (χ2v) is 7.98. The molecule has 21 heavy (non-hydrogen) atoms. The molecule has 1 aromatic carbocycles. The van der Waals surface area contributed by atoms with E-state index in [9.17, 15) is 0 Å². The highest BCUT2D eigenvalue weighted by Crippen LogP contribution is 2.41. The second kappa shape index (κ2) is 4.57. The zero-order valence-corrected chi connectivity index (χ0v) is 13.8. The molecule has 0 saturated heterocycles. The predicted octanol–water partition coefficient (Wildman–Crippen LogP) is 5.09. The lowest BCUT2D eigenvalue weighted by molar-refractivity contribution is 0.181. The molecule has 0 aliphatic heterocycles. The third-order valence-corrected chi connectivity index (χ3v) is 6.54. The molecule has 2 heterocycles. The van der Waals surface area contributed by atoms with Crippen LogP contribution >= 0.6 is 11.3 Å². The first kappa shape index (κ1) is 13.3. The maximum atomic E-state index is 4.91. The van der Waals surface area contributed by atoms with Crippen LogP contribution in [-0.4, -0.2) is 9.38 Å². The number of thiazole rings is 1. The van der Waals surface area contributed by atoms with Crippen molar-refractivity contribution < 1.29 is 0 Å². The van der Waals surface area contributed by atoms with Gasteiger partial charge in [0.25, 0.3) is 0 Å². The van der Waals surface area contributed by atoms with Crippen molar-refractivity contribution in [2.45, 2.75) is 46.5 Å². The average Bonchev–Trinajstić information content (AvgIpc) is 3.01. The van der Waals surface area contributed by atoms with Crippen molar-refractivity contribution in [3.8, 4) is 0 Å². The Hall–Kier alpha value is -1.35. The average molecular weight is 298 g/mol. The molecule has 2 nitrogen and oxygen atoms in total. The monoisotopic (exact) mass is 298 g/mol. The Morgan fingerprint density at radius 3 is 2.95 bits per heavy atom. The minimum absolute atomic E-state index is 0.424. The van der Waals surface area contributed by atoms with Crippen LogP contribution in [0.15, 0.2) is 24.3 Å². The van der Waals surface area contributed by atoms with Gasteiger partial charge in [0.2, 0.25) is 0 Å². The Morgan fingerprint density at radius 1 is 1.33 bits per heavy atom. The van der Waals surface area contributed by atoms with Gasteiger partial charge < -0.3 is 0 Å². The van der Waals surface area contributed by atoms with E-state index in [1.54, 1.807) is 0 Å². The molecule has 4 rings (SSSR count). The van der Waals surface area contributed by atoms with Gasteiger partial charge in [-0.1, -0.05) is 50.7 Å². The van der Waals surface area contributed by atoms with E-state index in [1.807, 2.05) is 11.3 Å². The first-order valence-electron chi connectivity index (χ1n) is 7.98. The van der Waals surface area contributed by atoms with Crippen molar-refractivity contribution in [2.24, 2.45) is 11.3 Å². The van der Waals surface area contributed by atoms with Crippen molar-refractivity contribution in [3.05, 3.63) is 35.7 Å². The maximum Gasteiger partial charge on any atom is 0.195 e. The first-order valence-corrected chi connectivity index (χ1v) is 8.79. The lowest BCUT2D eigenvalue weighted by Crippen LogP contribution is -2.29. The van der Waals surface area contributed by atoms with E-state index in [0.29, 0.717) is 5.41 Å². The predicted molar refractivity (Wildman–Crippen MR) is 90.2 cm³/mol. The molecule has 0 saturated carbocycles. The number of hydrogen-bond acceptors (Lipinski definition) is 2. The van der Waals surface area contributed by atoms with Gasteiger partial charge in [-0.05, 0) is 42.7 Å². The van der Waals surface area contributed by atoms with Crippen molar-refractivity contribution >= 4 is 26.5 Å². The number of hydrogen-bond donors (Lipinski definition) is 0. The van der Waals surface area contributed by atoms with Crippen LogP contribution in [0.1, 0.15) is 45.0 Å². The number of aromatic nitrogens is 2. The van der Waals surface area contributed by atoms with Gasteiger partial charge in [0.1, 0.15) is 0 Å². The fourth-order valence-corrected chi connectivity index (χ4v) is 4.69. The van der Waals surface area contributed by atoms with Crippen LogP contribution in [0.25, 0.3) is 15.2 Å². The van der Waals surface area contributed by atoms with Crippen LogP contribution in [0.2, 0.25) is 0 Å². The number of aryl methyl sites for hydroxylation is 1. The summed E-state index contributed by atoms with van der Waals surface area (Å²) in [5.41, 5.74) is 4.57. The Morgan fingerprint density at radius 2 is 2.14 bits per heavy atom. The van der Waals surface area contributed by atoms with Gasteiger partial charge in [-0.2, -0.15) is 0 Å². The number of imidazole rings is 1. The lowest BCUT2D eigenvalue weighted by atomic mass is 9.70. The van der Waals surface area contributed by atoms with Crippen molar-refractivity contribution in [1.82, 2.24) is 9.38 Å². The fraction of sp³-hybridized carbons (Fsp3) is 0.500. The maximum absolute atomic E-state index is 4.91. The Balaban J connectivity index is 1.87. The number of fused-ring (bicyclic) bond motifs is 5. The molecule has 1 aliphatic carbocycles. The zero-order chi connectivity index (χ0) is 14.6. The third-order valence-electron chi connectivity index (χ3n) is 5.52. The summed E-state index contributed by atoms with van der Waals surface area (Å²) < 4.78 is 3.77. The van der Waals surface area contributed by atoms with Crippen LogP contribution in [0.4, 0.5) is 0 Å². The van der Waals surface area contributed by atoms with E-state index in [4.69, 9.17) is 4.98 Å². The summed E-state index contributed by atoms with van der Waals surface area (Å²) in [6.07, 6.45) is 4.86. The molecule has 0 spiro atoms. The summed E-state index contributed by atoms with van der Waals surface area (Å²) in [5, 5.41) is 0. The highest BCUT2D eigenvalue weighted by atomic mass is 32.1. The van der Waals surface area contributed by atoms with Gasteiger partial charge in [-0.3, -0.25) is 4.40 Å². The third kappa shape index (κ3) is 1.94. The summed E-state index contributed by atoms with van der Waals surface area (Å²) in [5.74, 6) is 0.772. The van der Waals surface area contributed by atoms with E-state index < -0.39 is 0 Å². The summed E-state index contributed by atoms with van der Waals surface area (Å²) in [6, 6.07) is 8.69. The van der Waals surface area contributed by atoms with E-state index in [2.05, 4.69) is 49.4 Å². The molecular formula is C18H22N2S. The van der Waals surface area contributed by atoms with Gasteiger partial charge in [0, 0.05) is 5.69 Å².